The summed E-state index contributed by atoms with van der Waals surface area (Å²) in [6.07, 6.45) is -1.59. The number of aliphatic hydroxyl groups is 1. The molecule has 92 valence electrons. The number of carboxylic acids is 1. The molecule has 0 radical (unpaired) electrons. The zero-order chi connectivity index (χ0) is 13.0. The Kier molecular flexibility index (Phi) is 5.35. The summed E-state index contributed by atoms with van der Waals surface area (Å²) in [5, 5.41) is 18.3. The lowest BCUT2D eigenvalue weighted by Crippen LogP contribution is -2.15. The third-order valence-electron chi connectivity index (χ3n) is 2.17. The van der Waals surface area contributed by atoms with Crippen LogP contribution < -0.4 is 0 Å². The summed E-state index contributed by atoms with van der Waals surface area (Å²) in [5.41, 5.74) is 0.730. The van der Waals surface area contributed by atoms with Crippen LogP contribution in [0.1, 0.15) is 17.2 Å². The van der Waals surface area contributed by atoms with Gasteiger partial charge in [0.05, 0.1) is 5.88 Å². The minimum atomic E-state index is -1.62. The van der Waals surface area contributed by atoms with E-state index in [9.17, 15) is 14.7 Å². The van der Waals surface area contributed by atoms with E-state index in [0.29, 0.717) is 5.56 Å². The summed E-state index contributed by atoms with van der Waals surface area (Å²) in [6.45, 7) is 0. The molecule has 0 spiro atoms. The minimum absolute atomic E-state index is 0.0279. The van der Waals surface area contributed by atoms with Crippen molar-refractivity contribution in [3.63, 3.8) is 0 Å². The molecule has 1 aromatic rings. The molecular formula is C11H10ClIO4. The van der Waals surface area contributed by atoms with E-state index in [-0.39, 0.29) is 23.6 Å². The molecule has 1 atom stereocenters. The first-order valence-corrected chi connectivity index (χ1v) is 6.34. The lowest BCUT2D eigenvalue weighted by molar-refractivity contribution is -0.147. The number of benzene rings is 1. The highest BCUT2D eigenvalue weighted by Crippen LogP contribution is 2.22. The third-order valence-corrected chi connectivity index (χ3v) is 3.14. The Bertz CT molecular complexity index is 447. The van der Waals surface area contributed by atoms with Crippen LogP contribution in [0.4, 0.5) is 0 Å². The Morgan fingerprint density at radius 3 is 2.59 bits per heavy atom. The van der Waals surface area contributed by atoms with Gasteiger partial charge in [0.25, 0.3) is 0 Å². The van der Waals surface area contributed by atoms with Crippen molar-refractivity contribution in [2.24, 2.45) is 0 Å². The van der Waals surface area contributed by atoms with E-state index in [2.05, 4.69) is 0 Å². The van der Waals surface area contributed by atoms with Gasteiger partial charge < -0.3 is 10.2 Å². The number of ketones is 1. The first kappa shape index (κ1) is 14.4. The summed E-state index contributed by atoms with van der Waals surface area (Å²) in [5.74, 6) is -1.69. The van der Waals surface area contributed by atoms with Gasteiger partial charge in [0, 0.05) is 9.99 Å². The van der Waals surface area contributed by atoms with Gasteiger partial charge in [-0.2, -0.15) is 0 Å². The van der Waals surface area contributed by atoms with Crippen molar-refractivity contribution >= 4 is 45.9 Å². The fraction of sp³-hybridized carbons (Fsp3) is 0.273. The second kappa shape index (κ2) is 6.32. The van der Waals surface area contributed by atoms with Crippen LogP contribution in [-0.4, -0.2) is 27.8 Å². The maximum Gasteiger partial charge on any atom is 0.337 e. The average Bonchev–Trinajstić information content (AvgIpc) is 2.30. The smallest absolute Gasteiger partial charge is 0.337 e. The molecule has 0 bridgehead atoms. The molecule has 0 aliphatic rings. The van der Waals surface area contributed by atoms with E-state index in [1.165, 1.54) is 0 Å². The number of hydrogen-bond acceptors (Lipinski definition) is 3. The first-order valence-electron chi connectivity index (χ1n) is 4.72. The van der Waals surface area contributed by atoms with Crippen LogP contribution in [0.25, 0.3) is 0 Å². The topological polar surface area (TPSA) is 74.6 Å². The lowest BCUT2D eigenvalue weighted by Gasteiger charge is -2.12. The number of aliphatic carboxylic acids is 1. The molecule has 0 aromatic heterocycles. The van der Waals surface area contributed by atoms with Crippen LogP contribution >= 0.6 is 34.2 Å². The summed E-state index contributed by atoms with van der Waals surface area (Å²) in [6, 6.07) is 4.93. The predicted molar refractivity (Wildman–Crippen MR) is 71.2 cm³/mol. The van der Waals surface area contributed by atoms with Crippen molar-refractivity contribution in [2.45, 2.75) is 12.5 Å². The van der Waals surface area contributed by atoms with Gasteiger partial charge >= 0.3 is 5.97 Å². The number of halogens is 2. The maximum absolute atomic E-state index is 11.2. The summed E-state index contributed by atoms with van der Waals surface area (Å²) in [4.78, 5) is 22.0. The zero-order valence-electron chi connectivity index (χ0n) is 8.69. The standard InChI is InChI=1S/C11H10ClIO4/c12-5-8(14)3-6-1-2-7(13)4-9(6)10(15)11(16)17/h1-2,4,10,15H,3,5H2,(H,16,17). The molecule has 0 amide bonds. The Morgan fingerprint density at radius 1 is 1.41 bits per heavy atom. The number of carbonyl (C=O) groups is 2. The van der Waals surface area contributed by atoms with Crippen LogP contribution in [0.5, 0.6) is 0 Å². The molecule has 0 aliphatic heterocycles. The van der Waals surface area contributed by atoms with Crippen LogP contribution in [-0.2, 0) is 16.0 Å². The SMILES string of the molecule is O=C(CCl)Cc1ccc(I)cc1C(O)C(=O)O. The van der Waals surface area contributed by atoms with E-state index in [0.717, 1.165) is 3.57 Å². The number of aliphatic hydroxyl groups excluding tert-OH is 1. The average molecular weight is 369 g/mol. The summed E-state index contributed by atoms with van der Waals surface area (Å²) in [7, 11) is 0. The van der Waals surface area contributed by atoms with Crippen molar-refractivity contribution in [1.29, 1.82) is 0 Å². The van der Waals surface area contributed by atoms with Crippen LogP contribution in [0.3, 0.4) is 0 Å². The molecule has 6 heteroatoms. The molecule has 0 saturated heterocycles. The van der Waals surface area contributed by atoms with E-state index < -0.39 is 12.1 Å². The second-order valence-corrected chi connectivity index (χ2v) is 4.95. The van der Waals surface area contributed by atoms with Gasteiger partial charge in [0.1, 0.15) is 0 Å². The van der Waals surface area contributed by atoms with E-state index in [4.69, 9.17) is 16.7 Å². The predicted octanol–water partition coefficient (Wildman–Crippen LogP) is 1.76. The van der Waals surface area contributed by atoms with Gasteiger partial charge in [-0.05, 0) is 45.9 Å². The summed E-state index contributed by atoms with van der Waals surface area (Å²) < 4.78 is 0.792. The molecule has 0 fully saturated rings. The molecule has 0 aliphatic carbocycles. The van der Waals surface area contributed by atoms with Crippen molar-refractivity contribution in [1.82, 2.24) is 0 Å². The normalized spacial score (nSPS) is 12.2. The number of hydrogen-bond donors (Lipinski definition) is 2. The van der Waals surface area contributed by atoms with E-state index >= 15 is 0 Å². The minimum Gasteiger partial charge on any atom is -0.479 e. The number of carbonyl (C=O) groups excluding carboxylic acids is 1. The highest BCUT2D eigenvalue weighted by molar-refractivity contribution is 14.1. The second-order valence-electron chi connectivity index (χ2n) is 3.43. The number of Topliss-reactive ketones (excluding diaryl/α,β-unsaturated/α-hetero) is 1. The van der Waals surface area contributed by atoms with Gasteiger partial charge in [-0.1, -0.05) is 6.07 Å². The highest BCUT2D eigenvalue weighted by Gasteiger charge is 2.20. The quantitative estimate of drug-likeness (QED) is 0.613. The zero-order valence-corrected chi connectivity index (χ0v) is 11.6. The molecule has 17 heavy (non-hydrogen) atoms. The van der Waals surface area contributed by atoms with Crippen molar-refractivity contribution < 1.29 is 19.8 Å². The third kappa shape index (κ3) is 3.93. The van der Waals surface area contributed by atoms with Crippen LogP contribution in [0.2, 0.25) is 0 Å². The van der Waals surface area contributed by atoms with Gasteiger partial charge in [0.2, 0.25) is 0 Å². The number of rotatable bonds is 5. The van der Waals surface area contributed by atoms with Crippen LogP contribution in [0, 0.1) is 3.57 Å². The monoisotopic (exact) mass is 368 g/mol. The highest BCUT2D eigenvalue weighted by atomic mass is 127. The Morgan fingerprint density at radius 2 is 2.06 bits per heavy atom. The fourth-order valence-corrected chi connectivity index (χ4v) is 1.98. The van der Waals surface area contributed by atoms with Gasteiger partial charge in [-0.15, -0.1) is 11.6 Å². The van der Waals surface area contributed by atoms with Gasteiger partial charge in [0.15, 0.2) is 11.9 Å². The molecule has 2 N–H and O–H groups in total. The van der Waals surface area contributed by atoms with Gasteiger partial charge in [-0.25, -0.2) is 4.79 Å². The Balaban J connectivity index is 3.12. The number of alkyl halides is 1. The van der Waals surface area contributed by atoms with Gasteiger partial charge in [-0.3, -0.25) is 4.79 Å². The molecule has 1 aromatic carbocycles. The Labute approximate surface area is 117 Å². The maximum atomic E-state index is 11.2. The van der Waals surface area contributed by atoms with Crippen molar-refractivity contribution in [3.8, 4) is 0 Å². The van der Waals surface area contributed by atoms with E-state index in [1.807, 2.05) is 22.6 Å². The summed E-state index contributed by atoms with van der Waals surface area (Å²) >= 11 is 7.40. The van der Waals surface area contributed by atoms with Crippen LogP contribution in [0.15, 0.2) is 18.2 Å². The largest absolute Gasteiger partial charge is 0.479 e. The lowest BCUT2D eigenvalue weighted by atomic mass is 9.98. The van der Waals surface area contributed by atoms with Crippen molar-refractivity contribution in [3.05, 3.63) is 32.9 Å². The number of carboxylic acid groups (broad SMARTS) is 1. The van der Waals surface area contributed by atoms with Crippen molar-refractivity contribution in [2.75, 3.05) is 5.88 Å². The molecule has 1 unspecified atom stereocenters. The molecular weight excluding hydrogens is 358 g/mol. The molecule has 4 nitrogen and oxygen atoms in total. The Hall–Kier alpha value is -0.660. The molecule has 0 saturated carbocycles. The molecule has 0 heterocycles. The first-order chi connectivity index (χ1) is 7.95. The molecule has 1 rings (SSSR count). The fourth-order valence-electron chi connectivity index (χ4n) is 1.37. The van der Waals surface area contributed by atoms with E-state index in [1.54, 1.807) is 18.2 Å².